The van der Waals surface area contributed by atoms with Crippen molar-refractivity contribution in [2.45, 2.75) is 227 Å². The molecule has 4 aliphatic rings. The van der Waals surface area contributed by atoms with E-state index >= 15 is 0 Å². The zero-order valence-electron chi connectivity index (χ0n) is 39.1. The van der Waals surface area contributed by atoms with Crippen molar-refractivity contribution in [1.82, 2.24) is 9.97 Å². The number of unbranched alkanes of at least 4 members (excludes halogenated alkanes) is 3. The molecule has 0 aromatic carbocycles. The normalized spacial score (nSPS) is 27.4. The molecule has 0 atom stereocenters. The van der Waals surface area contributed by atoms with E-state index in [4.69, 9.17) is 9.47 Å². The summed E-state index contributed by atoms with van der Waals surface area (Å²) in [4.78, 5) is 9.15. The van der Waals surface area contributed by atoms with Gasteiger partial charge in [0, 0.05) is 11.4 Å². The third kappa shape index (κ3) is 18.8. The average molecular weight is 813 g/mol. The minimum absolute atomic E-state index is 0.713. The highest BCUT2D eigenvalue weighted by atomic mass is 16.5. The van der Waals surface area contributed by atoms with Crippen LogP contribution in [0, 0.1) is 47.3 Å². The van der Waals surface area contributed by atoms with Gasteiger partial charge in [0.15, 0.2) is 0 Å². The van der Waals surface area contributed by atoms with E-state index in [9.17, 15) is 0 Å². The molecule has 0 spiro atoms. The fraction of sp³-hybridized carbons (Fsp3) is 0.818. The number of aromatic nitrogens is 2. The molecule has 6 rings (SSSR count). The van der Waals surface area contributed by atoms with Gasteiger partial charge in [0.25, 0.3) is 0 Å². The van der Waals surface area contributed by atoms with E-state index in [0.717, 1.165) is 71.7 Å². The third-order valence-electron chi connectivity index (χ3n) is 15.8. The molecular weight excluding hydrogens is 721 g/mol. The van der Waals surface area contributed by atoms with Crippen LogP contribution in [0.2, 0.25) is 0 Å². The van der Waals surface area contributed by atoms with E-state index in [1.165, 1.54) is 198 Å². The zero-order chi connectivity index (χ0) is 41.3. The summed E-state index contributed by atoms with van der Waals surface area (Å²) >= 11 is 0. The zero-order valence-corrected chi connectivity index (χ0v) is 39.1. The third-order valence-corrected chi connectivity index (χ3v) is 15.8. The Morgan fingerprint density at radius 1 is 0.373 bits per heavy atom. The number of aryl methyl sites for hydroxylation is 2. The van der Waals surface area contributed by atoms with Crippen molar-refractivity contribution < 1.29 is 9.47 Å². The number of nitrogens with zero attached hydrogens (tertiary/aromatic N) is 2. The van der Waals surface area contributed by atoms with E-state index in [-0.39, 0.29) is 0 Å². The summed E-state index contributed by atoms with van der Waals surface area (Å²) in [6, 6.07) is 8.43. The highest BCUT2D eigenvalue weighted by molar-refractivity contribution is 5.20. The Hall–Kier alpha value is -2.10. The molecule has 2 heterocycles. The molecule has 2 aromatic rings. The van der Waals surface area contributed by atoms with Crippen LogP contribution in [0.3, 0.4) is 0 Å². The van der Waals surface area contributed by atoms with Gasteiger partial charge in [-0.1, -0.05) is 187 Å². The van der Waals surface area contributed by atoms with Crippen molar-refractivity contribution >= 4 is 0 Å². The maximum absolute atomic E-state index is 5.50. The minimum Gasteiger partial charge on any atom is -0.492 e. The predicted molar refractivity (Wildman–Crippen MR) is 251 cm³/mol. The Kier molecular flexibility index (Phi) is 23.2. The van der Waals surface area contributed by atoms with Crippen molar-refractivity contribution in [2.24, 2.45) is 47.3 Å². The second-order valence-electron chi connectivity index (χ2n) is 20.3. The van der Waals surface area contributed by atoms with Gasteiger partial charge < -0.3 is 9.47 Å². The van der Waals surface area contributed by atoms with Gasteiger partial charge in [0.05, 0.1) is 25.6 Å². The van der Waals surface area contributed by atoms with Gasteiger partial charge in [-0.3, -0.25) is 9.97 Å². The fourth-order valence-corrected chi connectivity index (χ4v) is 11.7. The number of hydrogen-bond donors (Lipinski definition) is 0. The maximum atomic E-state index is 5.50. The van der Waals surface area contributed by atoms with Crippen molar-refractivity contribution in [2.75, 3.05) is 13.2 Å². The largest absolute Gasteiger partial charge is 0.492 e. The van der Waals surface area contributed by atoms with E-state index in [1.54, 1.807) is 0 Å². The SMILES string of the molecule is CCCCC[C@H]1CC[C@H](CC[C@H]2CC[C@H](CCc3ccc(OCC)cn3)CC2)CC1.CCCC[C@H]1CC[C@H](CC[C@H]2CC[C@H](CCc3ccc(OCC)cn3)CC2)CC1. The van der Waals surface area contributed by atoms with Gasteiger partial charge in [0.2, 0.25) is 0 Å². The van der Waals surface area contributed by atoms with E-state index < -0.39 is 0 Å². The van der Waals surface area contributed by atoms with Crippen LogP contribution >= 0.6 is 0 Å². The molecule has 0 bridgehead atoms. The maximum Gasteiger partial charge on any atom is 0.137 e. The van der Waals surface area contributed by atoms with Crippen molar-refractivity contribution in [1.29, 1.82) is 0 Å². The van der Waals surface area contributed by atoms with E-state index in [0.29, 0.717) is 13.2 Å². The summed E-state index contributed by atoms with van der Waals surface area (Å²) in [7, 11) is 0. The summed E-state index contributed by atoms with van der Waals surface area (Å²) in [5, 5.41) is 0. The summed E-state index contributed by atoms with van der Waals surface area (Å²) in [5.41, 5.74) is 2.45. The molecule has 4 saturated carbocycles. The van der Waals surface area contributed by atoms with Gasteiger partial charge in [-0.2, -0.15) is 0 Å². The first-order chi connectivity index (χ1) is 29.0. The number of ether oxygens (including phenoxy) is 2. The molecule has 2 aromatic heterocycles. The lowest BCUT2D eigenvalue weighted by atomic mass is 9.74. The summed E-state index contributed by atoms with van der Waals surface area (Å²) in [6.07, 6.45) is 48.8. The first-order valence-electron chi connectivity index (χ1n) is 26.2. The highest BCUT2D eigenvalue weighted by Gasteiger charge is 2.26. The molecule has 4 fully saturated rings. The Balaban J connectivity index is 0.000000224. The van der Waals surface area contributed by atoms with Crippen LogP contribution in [0.25, 0.3) is 0 Å². The lowest BCUT2D eigenvalue weighted by Crippen LogP contribution is -2.18. The van der Waals surface area contributed by atoms with Crippen LogP contribution in [0.15, 0.2) is 36.7 Å². The molecule has 0 amide bonds. The fourth-order valence-electron chi connectivity index (χ4n) is 11.7. The number of hydrogen-bond acceptors (Lipinski definition) is 4. The van der Waals surface area contributed by atoms with Gasteiger partial charge in [-0.25, -0.2) is 0 Å². The van der Waals surface area contributed by atoms with Gasteiger partial charge in [-0.15, -0.1) is 0 Å². The topological polar surface area (TPSA) is 44.2 Å². The molecule has 0 N–H and O–H groups in total. The summed E-state index contributed by atoms with van der Waals surface area (Å²) < 4.78 is 11.0. The molecule has 0 unspecified atom stereocenters. The van der Waals surface area contributed by atoms with Crippen molar-refractivity contribution in [3.8, 4) is 11.5 Å². The molecule has 4 nitrogen and oxygen atoms in total. The second kappa shape index (κ2) is 28.5. The van der Waals surface area contributed by atoms with Crippen molar-refractivity contribution in [3.05, 3.63) is 48.0 Å². The Bertz CT molecular complexity index is 1300. The van der Waals surface area contributed by atoms with Crippen molar-refractivity contribution in [3.63, 3.8) is 0 Å². The van der Waals surface area contributed by atoms with E-state index in [1.807, 2.05) is 26.2 Å². The van der Waals surface area contributed by atoms with Gasteiger partial charge in [0.1, 0.15) is 11.5 Å². The van der Waals surface area contributed by atoms with Crippen LogP contribution in [0.1, 0.15) is 225 Å². The Labute approximate surface area is 365 Å². The molecule has 4 aliphatic carbocycles. The molecule has 4 heteroatoms. The second-order valence-corrected chi connectivity index (χ2v) is 20.3. The van der Waals surface area contributed by atoms with Crippen LogP contribution in [0.4, 0.5) is 0 Å². The first kappa shape index (κ1) is 47.9. The summed E-state index contributed by atoms with van der Waals surface area (Å²) in [6.45, 7) is 10.1. The van der Waals surface area contributed by atoms with Crippen LogP contribution in [-0.2, 0) is 12.8 Å². The standard InChI is InChI=1S/C28H47NO.C27H45NO/c1-3-5-6-7-23-8-10-24(11-9-23)12-13-25-14-16-26(17-15-25)18-19-27-20-21-28(22-29-27)30-4-2;1-3-5-6-22-7-9-23(10-8-22)11-12-24-13-15-25(16-14-24)17-18-26-19-20-27(21-28-26)29-4-2/h20-26H,3-19H2,1-2H3;19-25H,3-18H2,1-2H3/t23-,24-,25-,26-;22-,23-,24-,25-. The minimum atomic E-state index is 0.713. The lowest BCUT2D eigenvalue weighted by Gasteiger charge is -2.32. The van der Waals surface area contributed by atoms with Crippen LogP contribution < -0.4 is 9.47 Å². The van der Waals surface area contributed by atoms with Gasteiger partial charge in [-0.05, 0) is 111 Å². The Morgan fingerprint density at radius 3 is 0.966 bits per heavy atom. The number of rotatable bonds is 23. The monoisotopic (exact) mass is 813 g/mol. The molecular formula is C55H92N2O2. The van der Waals surface area contributed by atoms with Crippen LogP contribution in [0.5, 0.6) is 11.5 Å². The number of pyridine rings is 2. The van der Waals surface area contributed by atoms with Crippen LogP contribution in [-0.4, -0.2) is 23.2 Å². The van der Waals surface area contributed by atoms with E-state index in [2.05, 4.69) is 48.1 Å². The highest BCUT2D eigenvalue weighted by Crippen LogP contribution is 2.40. The average Bonchev–Trinajstić information content (AvgIpc) is 3.28. The quantitative estimate of drug-likeness (QED) is 0.105. The molecule has 0 aliphatic heterocycles. The summed E-state index contributed by atoms with van der Waals surface area (Å²) in [5.74, 6) is 9.91. The molecule has 0 saturated heterocycles. The molecule has 0 radical (unpaired) electrons. The predicted octanol–water partition coefficient (Wildman–Crippen LogP) is 16.4. The smallest absolute Gasteiger partial charge is 0.137 e. The Morgan fingerprint density at radius 2 is 0.678 bits per heavy atom. The van der Waals surface area contributed by atoms with Gasteiger partial charge >= 0.3 is 0 Å². The molecule has 59 heavy (non-hydrogen) atoms. The molecule has 334 valence electrons. The lowest BCUT2D eigenvalue weighted by molar-refractivity contribution is 0.208. The first-order valence-corrected chi connectivity index (χ1v) is 26.2.